The van der Waals surface area contributed by atoms with Crippen LogP contribution in [0.2, 0.25) is 0 Å². The monoisotopic (exact) mass is 319 g/mol. The van der Waals surface area contributed by atoms with E-state index in [1.165, 1.54) is 0 Å². The van der Waals surface area contributed by atoms with E-state index < -0.39 is 5.97 Å². The summed E-state index contributed by atoms with van der Waals surface area (Å²) in [6, 6.07) is 7.72. The number of hydrogen-bond donors (Lipinski definition) is 2. The van der Waals surface area contributed by atoms with E-state index in [9.17, 15) is 9.59 Å². The molecule has 0 bridgehead atoms. The first-order valence-electron chi connectivity index (χ1n) is 8.39. The van der Waals surface area contributed by atoms with Crippen molar-refractivity contribution in [1.82, 2.24) is 5.32 Å². The molecule has 2 rings (SSSR count). The Hall–Kier alpha value is -2.04. The molecule has 1 atom stereocenters. The molecule has 0 spiro atoms. The van der Waals surface area contributed by atoms with Crippen LogP contribution in [0.3, 0.4) is 0 Å². The van der Waals surface area contributed by atoms with Crippen molar-refractivity contribution in [2.45, 2.75) is 50.9 Å². The molecule has 5 nitrogen and oxygen atoms in total. The molecule has 0 aliphatic carbocycles. The second-order valence-corrected chi connectivity index (χ2v) is 5.93. The Morgan fingerprint density at radius 3 is 2.70 bits per heavy atom. The van der Waals surface area contributed by atoms with Gasteiger partial charge in [0.15, 0.2) is 0 Å². The van der Waals surface area contributed by atoms with Crippen molar-refractivity contribution >= 4 is 11.9 Å². The Balaban J connectivity index is 1.63. The third kappa shape index (κ3) is 5.58. The molecule has 0 fully saturated rings. The number of rotatable bonds is 9. The maximum atomic E-state index is 12.3. The minimum atomic E-state index is -0.728. The van der Waals surface area contributed by atoms with E-state index >= 15 is 0 Å². The number of nitrogens with one attached hydrogen (secondary N) is 1. The van der Waals surface area contributed by atoms with Gasteiger partial charge in [-0.1, -0.05) is 37.5 Å². The highest BCUT2D eigenvalue weighted by atomic mass is 16.5. The van der Waals surface area contributed by atoms with Gasteiger partial charge in [0.2, 0.25) is 5.91 Å². The minimum absolute atomic E-state index is 0.0756. The lowest BCUT2D eigenvalue weighted by molar-refractivity contribution is -0.137. The number of carbonyl (C=O) groups excluding carboxylic acids is 1. The summed E-state index contributed by atoms with van der Waals surface area (Å²) in [4.78, 5) is 22.7. The lowest BCUT2D eigenvalue weighted by atomic mass is 9.92. The Morgan fingerprint density at radius 1 is 1.13 bits per heavy atom. The highest BCUT2D eigenvalue weighted by Gasteiger charge is 2.26. The summed E-state index contributed by atoms with van der Waals surface area (Å²) in [6.07, 6.45) is 5.61. The van der Waals surface area contributed by atoms with Gasteiger partial charge in [-0.25, -0.2) is 0 Å². The number of fused-ring (bicyclic) bond motifs is 1. The summed E-state index contributed by atoms with van der Waals surface area (Å²) >= 11 is 0. The molecule has 1 amide bonds. The fraction of sp³-hybridized carbons (Fsp3) is 0.556. The molecule has 5 heteroatoms. The van der Waals surface area contributed by atoms with Gasteiger partial charge in [0.1, 0.15) is 5.75 Å². The standard InChI is InChI=1S/C18H25NO4/c20-17(21)10-4-2-1-3-7-12-19-18(22)15-11-13-23-16-9-6-5-8-14(15)16/h5-6,8-9,15H,1-4,7,10-13H2,(H,19,22)(H,20,21). The van der Waals surface area contributed by atoms with Gasteiger partial charge in [-0.2, -0.15) is 0 Å². The molecule has 0 saturated carbocycles. The fourth-order valence-corrected chi connectivity index (χ4v) is 2.88. The number of ether oxygens (including phenoxy) is 1. The molecule has 23 heavy (non-hydrogen) atoms. The quantitative estimate of drug-likeness (QED) is 0.686. The minimum Gasteiger partial charge on any atom is -0.493 e. The van der Waals surface area contributed by atoms with Crippen LogP contribution >= 0.6 is 0 Å². The maximum Gasteiger partial charge on any atom is 0.303 e. The number of hydrogen-bond acceptors (Lipinski definition) is 3. The topological polar surface area (TPSA) is 75.6 Å². The summed E-state index contributed by atoms with van der Waals surface area (Å²) < 4.78 is 5.58. The Labute approximate surface area is 137 Å². The normalized spacial score (nSPS) is 16.3. The van der Waals surface area contributed by atoms with E-state index in [-0.39, 0.29) is 18.2 Å². The number of para-hydroxylation sites is 1. The smallest absolute Gasteiger partial charge is 0.303 e. The molecule has 0 radical (unpaired) electrons. The molecule has 1 heterocycles. The Morgan fingerprint density at radius 2 is 1.87 bits per heavy atom. The molecule has 126 valence electrons. The van der Waals surface area contributed by atoms with Crippen molar-refractivity contribution in [3.05, 3.63) is 29.8 Å². The first kappa shape index (κ1) is 17.3. The van der Waals surface area contributed by atoms with E-state index in [1.54, 1.807) is 0 Å². The summed E-state index contributed by atoms with van der Waals surface area (Å²) in [6.45, 7) is 1.26. The third-order valence-corrected chi connectivity index (χ3v) is 4.14. The molecule has 2 N–H and O–H groups in total. The van der Waals surface area contributed by atoms with Crippen LogP contribution in [0.5, 0.6) is 5.75 Å². The lowest BCUT2D eigenvalue weighted by Gasteiger charge is -2.25. The highest BCUT2D eigenvalue weighted by Crippen LogP contribution is 2.33. The molecular weight excluding hydrogens is 294 g/mol. The van der Waals surface area contributed by atoms with Gasteiger partial charge in [-0.05, 0) is 25.3 Å². The van der Waals surface area contributed by atoms with Gasteiger partial charge in [0.25, 0.3) is 0 Å². The van der Waals surface area contributed by atoms with Gasteiger partial charge in [-0.15, -0.1) is 0 Å². The maximum absolute atomic E-state index is 12.3. The van der Waals surface area contributed by atoms with Crippen LogP contribution in [0.15, 0.2) is 24.3 Å². The highest BCUT2D eigenvalue weighted by molar-refractivity contribution is 5.84. The van der Waals surface area contributed by atoms with Crippen LogP contribution in [0, 0.1) is 0 Å². The SMILES string of the molecule is O=C(O)CCCCCCCNC(=O)C1CCOc2ccccc21. The largest absolute Gasteiger partial charge is 0.493 e. The Kier molecular flexibility index (Phi) is 6.91. The van der Waals surface area contributed by atoms with Gasteiger partial charge in [-0.3, -0.25) is 9.59 Å². The first-order chi connectivity index (χ1) is 11.2. The molecular formula is C18H25NO4. The van der Waals surface area contributed by atoms with Crippen molar-refractivity contribution in [2.24, 2.45) is 0 Å². The number of unbranched alkanes of at least 4 members (excludes halogenated alkanes) is 4. The second-order valence-electron chi connectivity index (χ2n) is 5.93. The average Bonchev–Trinajstić information content (AvgIpc) is 2.56. The van der Waals surface area contributed by atoms with Crippen LogP contribution in [-0.2, 0) is 9.59 Å². The van der Waals surface area contributed by atoms with E-state index in [2.05, 4.69) is 5.32 Å². The number of amides is 1. The molecule has 0 aromatic heterocycles. The predicted molar refractivity (Wildman–Crippen MR) is 87.6 cm³/mol. The molecule has 0 saturated heterocycles. The fourth-order valence-electron chi connectivity index (χ4n) is 2.88. The van der Waals surface area contributed by atoms with Crippen molar-refractivity contribution in [3.8, 4) is 5.75 Å². The second kappa shape index (κ2) is 9.18. The Bertz CT molecular complexity index is 530. The van der Waals surface area contributed by atoms with Crippen molar-refractivity contribution in [1.29, 1.82) is 0 Å². The molecule has 1 aliphatic heterocycles. The molecule has 1 unspecified atom stereocenters. The van der Waals surface area contributed by atoms with E-state index in [1.807, 2.05) is 24.3 Å². The summed E-state index contributed by atoms with van der Waals surface area (Å²) in [5.74, 6) is 0.0495. The van der Waals surface area contributed by atoms with E-state index in [0.29, 0.717) is 13.2 Å². The van der Waals surface area contributed by atoms with Gasteiger partial charge in [0.05, 0.1) is 12.5 Å². The van der Waals surface area contributed by atoms with Crippen molar-refractivity contribution in [2.75, 3.05) is 13.2 Å². The van der Waals surface area contributed by atoms with Crippen molar-refractivity contribution in [3.63, 3.8) is 0 Å². The number of benzene rings is 1. The average molecular weight is 319 g/mol. The zero-order valence-corrected chi connectivity index (χ0v) is 13.4. The molecule has 1 aromatic rings. The van der Waals surface area contributed by atoms with Crippen LogP contribution in [0.1, 0.15) is 56.4 Å². The molecule has 1 aromatic carbocycles. The number of carboxylic acid groups (broad SMARTS) is 1. The number of aliphatic carboxylic acids is 1. The van der Waals surface area contributed by atoms with Gasteiger partial charge < -0.3 is 15.2 Å². The van der Waals surface area contributed by atoms with E-state index in [4.69, 9.17) is 9.84 Å². The third-order valence-electron chi connectivity index (χ3n) is 4.14. The van der Waals surface area contributed by atoms with Gasteiger partial charge in [0, 0.05) is 18.5 Å². The van der Waals surface area contributed by atoms with Crippen LogP contribution in [0.4, 0.5) is 0 Å². The number of carbonyl (C=O) groups is 2. The van der Waals surface area contributed by atoms with Crippen molar-refractivity contribution < 1.29 is 19.4 Å². The summed E-state index contributed by atoms with van der Waals surface area (Å²) in [7, 11) is 0. The number of carboxylic acids is 1. The lowest BCUT2D eigenvalue weighted by Crippen LogP contribution is -2.33. The van der Waals surface area contributed by atoms with E-state index in [0.717, 1.165) is 49.8 Å². The van der Waals surface area contributed by atoms with Crippen LogP contribution < -0.4 is 10.1 Å². The first-order valence-corrected chi connectivity index (χ1v) is 8.39. The molecule has 1 aliphatic rings. The predicted octanol–water partition coefficient (Wildman–Crippen LogP) is 3.09. The zero-order valence-electron chi connectivity index (χ0n) is 13.4. The summed E-state index contributed by atoms with van der Waals surface area (Å²) in [5, 5.41) is 11.6. The zero-order chi connectivity index (χ0) is 16.5. The van der Waals surface area contributed by atoms with Crippen LogP contribution in [-0.4, -0.2) is 30.1 Å². The van der Waals surface area contributed by atoms with Gasteiger partial charge >= 0.3 is 5.97 Å². The van der Waals surface area contributed by atoms with Crippen LogP contribution in [0.25, 0.3) is 0 Å². The summed E-state index contributed by atoms with van der Waals surface area (Å²) in [5.41, 5.74) is 0.977.